The molecular weight excluding hydrogens is 181 g/mol. The standard InChI is InChI=1S/C10H10FN3/c1-7-5-14(6-13-7)10-3-2-8(11)4-9(10)12/h2-6H,12H2,1H3. The second kappa shape index (κ2) is 3.14. The summed E-state index contributed by atoms with van der Waals surface area (Å²) in [4.78, 5) is 4.07. The van der Waals surface area contributed by atoms with Crippen LogP contribution in [0.1, 0.15) is 5.69 Å². The Kier molecular flexibility index (Phi) is 1.96. The summed E-state index contributed by atoms with van der Waals surface area (Å²) >= 11 is 0. The number of nitrogens with two attached hydrogens (primary N) is 1. The Hall–Kier alpha value is -1.84. The number of rotatable bonds is 1. The number of aromatic nitrogens is 2. The number of halogens is 1. The van der Waals surface area contributed by atoms with Crippen LogP contribution >= 0.6 is 0 Å². The van der Waals surface area contributed by atoms with E-state index in [0.717, 1.165) is 11.4 Å². The van der Waals surface area contributed by atoms with Crippen LogP contribution in [-0.4, -0.2) is 9.55 Å². The van der Waals surface area contributed by atoms with Gasteiger partial charge in [0.15, 0.2) is 0 Å². The Morgan fingerprint density at radius 1 is 1.43 bits per heavy atom. The third kappa shape index (κ3) is 1.46. The van der Waals surface area contributed by atoms with Gasteiger partial charge in [-0.25, -0.2) is 9.37 Å². The molecule has 0 fully saturated rings. The molecule has 2 N–H and O–H groups in total. The van der Waals surface area contributed by atoms with Crippen molar-refractivity contribution in [3.63, 3.8) is 0 Å². The van der Waals surface area contributed by atoms with Crippen molar-refractivity contribution in [3.8, 4) is 5.69 Å². The Morgan fingerprint density at radius 3 is 2.79 bits per heavy atom. The normalized spacial score (nSPS) is 10.4. The molecule has 0 amide bonds. The molecule has 0 aliphatic carbocycles. The minimum absolute atomic E-state index is 0.330. The molecule has 2 aromatic rings. The SMILES string of the molecule is Cc1cn(-c2ccc(F)cc2N)cn1. The molecule has 1 heterocycles. The largest absolute Gasteiger partial charge is 0.397 e. The third-order valence-electron chi connectivity index (χ3n) is 1.98. The van der Waals surface area contributed by atoms with Crippen LogP contribution in [-0.2, 0) is 0 Å². The van der Waals surface area contributed by atoms with Crippen molar-refractivity contribution in [2.45, 2.75) is 6.92 Å². The topological polar surface area (TPSA) is 43.8 Å². The summed E-state index contributed by atoms with van der Waals surface area (Å²) in [5.74, 6) is -0.330. The smallest absolute Gasteiger partial charge is 0.125 e. The molecule has 0 spiro atoms. The molecule has 4 heteroatoms. The number of benzene rings is 1. The van der Waals surface area contributed by atoms with Gasteiger partial charge in [-0.3, -0.25) is 0 Å². The molecular formula is C10H10FN3. The average Bonchev–Trinajstić information content (AvgIpc) is 2.51. The van der Waals surface area contributed by atoms with E-state index in [2.05, 4.69) is 4.98 Å². The lowest BCUT2D eigenvalue weighted by Crippen LogP contribution is -1.97. The van der Waals surface area contributed by atoms with Crippen LogP contribution in [0, 0.1) is 12.7 Å². The second-order valence-electron chi connectivity index (χ2n) is 3.13. The molecule has 3 nitrogen and oxygen atoms in total. The lowest BCUT2D eigenvalue weighted by atomic mass is 10.2. The van der Waals surface area contributed by atoms with Crippen molar-refractivity contribution in [3.05, 3.63) is 42.2 Å². The van der Waals surface area contributed by atoms with Gasteiger partial charge < -0.3 is 10.3 Å². The highest BCUT2D eigenvalue weighted by Crippen LogP contribution is 2.18. The molecule has 0 atom stereocenters. The van der Waals surface area contributed by atoms with Crippen LogP contribution in [0.5, 0.6) is 0 Å². The average molecular weight is 191 g/mol. The fraction of sp³-hybridized carbons (Fsp3) is 0.100. The molecule has 2 rings (SSSR count). The van der Waals surface area contributed by atoms with E-state index in [0.29, 0.717) is 5.69 Å². The van der Waals surface area contributed by atoms with Crippen LogP contribution in [0.15, 0.2) is 30.7 Å². The van der Waals surface area contributed by atoms with Gasteiger partial charge in [-0.15, -0.1) is 0 Å². The molecule has 0 aliphatic rings. The molecule has 14 heavy (non-hydrogen) atoms. The van der Waals surface area contributed by atoms with Gasteiger partial charge in [0.05, 0.1) is 23.4 Å². The van der Waals surface area contributed by atoms with Gasteiger partial charge in [0.2, 0.25) is 0 Å². The fourth-order valence-electron chi connectivity index (χ4n) is 1.31. The number of hydrogen-bond donors (Lipinski definition) is 1. The maximum absolute atomic E-state index is 12.8. The highest BCUT2D eigenvalue weighted by atomic mass is 19.1. The van der Waals surface area contributed by atoms with Gasteiger partial charge in [0.1, 0.15) is 5.82 Å². The molecule has 1 aromatic heterocycles. The Balaban J connectivity index is 2.52. The minimum atomic E-state index is -0.330. The quantitative estimate of drug-likeness (QED) is 0.699. The number of hydrogen-bond acceptors (Lipinski definition) is 2. The van der Waals surface area contributed by atoms with E-state index in [1.165, 1.54) is 12.1 Å². The van der Waals surface area contributed by atoms with Gasteiger partial charge in [-0.05, 0) is 25.1 Å². The predicted octanol–water partition coefficient (Wildman–Crippen LogP) is 1.90. The first kappa shape index (κ1) is 8.74. The lowest BCUT2D eigenvalue weighted by Gasteiger charge is -2.05. The van der Waals surface area contributed by atoms with Crippen molar-refractivity contribution in [1.82, 2.24) is 9.55 Å². The second-order valence-corrected chi connectivity index (χ2v) is 3.13. The molecule has 72 valence electrons. The van der Waals surface area contributed by atoms with Crippen LogP contribution in [0.2, 0.25) is 0 Å². The van der Waals surface area contributed by atoms with Crippen molar-refractivity contribution < 1.29 is 4.39 Å². The van der Waals surface area contributed by atoms with Crippen molar-refractivity contribution in [1.29, 1.82) is 0 Å². The summed E-state index contributed by atoms with van der Waals surface area (Å²) in [7, 11) is 0. The Morgan fingerprint density at radius 2 is 2.21 bits per heavy atom. The summed E-state index contributed by atoms with van der Waals surface area (Å²) in [6.45, 7) is 1.89. The van der Waals surface area contributed by atoms with Gasteiger partial charge >= 0.3 is 0 Å². The molecule has 0 saturated carbocycles. The number of nitrogens with zero attached hydrogens (tertiary/aromatic N) is 2. The highest BCUT2D eigenvalue weighted by molar-refractivity contribution is 5.57. The van der Waals surface area contributed by atoms with Crippen molar-refractivity contribution in [2.75, 3.05) is 5.73 Å². The maximum Gasteiger partial charge on any atom is 0.125 e. The minimum Gasteiger partial charge on any atom is -0.397 e. The van der Waals surface area contributed by atoms with Crippen molar-refractivity contribution >= 4 is 5.69 Å². The van der Waals surface area contributed by atoms with E-state index in [1.54, 1.807) is 17.0 Å². The monoisotopic (exact) mass is 191 g/mol. The Labute approximate surface area is 81.0 Å². The van der Waals surface area contributed by atoms with Crippen LogP contribution < -0.4 is 5.73 Å². The zero-order chi connectivity index (χ0) is 10.1. The zero-order valence-corrected chi connectivity index (χ0v) is 7.74. The number of imidazole rings is 1. The van der Waals surface area contributed by atoms with E-state index in [-0.39, 0.29) is 5.82 Å². The third-order valence-corrected chi connectivity index (χ3v) is 1.98. The van der Waals surface area contributed by atoms with Crippen LogP contribution in [0.4, 0.5) is 10.1 Å². The fourth-order valence-corrected chi connectivity index (χ4v) is 1.31. The maximum atomic E-state index is 12.8. The van der Waals surface area contributed by atoms with E-state index in [1.807, 2.05) is 13.1 Å². The highest BCUT2D eigenvalue weighted by Gasteiger charge is 2.03. The first-order valence-electron chi connectivity index (χ1n) is 4.23. The van der Waals surface area contributed by atoms with E-state index in [4.69, 9.17) is 5.73 Å². The van der Waals surface area contributed by atoms with Crippen LogP contribution in [0.25, 0.3) is 5.69 Å². The first-order chi connectivity index (χ1) is 6.66. The molecule has 0 aliphatic heterocycles. The van der Waals surface area contributed by atoms with E-state index in [9.17, 15) is 4.39 Å². The summed E-state index contributed by atoms with van der Waals surface area (Å²) in [5, 5.41) is 0. The molecule has 0 bridgehead atoms. The first-order valence-corrected chi connectivity index (χ1v) is 4.23. The van der Waals surface area contributed by atoms with Gasteiger partial charge in [0.25, 0.3) is 0 Å². The number of aryl methyl sites for hydroxylation is 1. The lowest BCUT2D eigenvalue weighted by molar-refractivity contribution is 0.628. The van der Waals surface area contributed by atoms with E-state index >= 15 is 0 Å². The zero-order valence-electron chi connectivity index (χ0n) is 7.74. The molecule has 0 radical (unpaired) electrons. The molecule has 0 saturated heterocycles. The summed E-state index contributed by atoms with van der Waals surface area (Å²) in [5.41, 5.74) is 7.72. The number of anilines is 1. The molecule has 1 aromatic carbocycles. The van der Waals surface area contributed by atoms with Gasteiger partial charge in [-0.1, -0.05) is 0 Å². The molecule has 0 unspecified atom stereocenters. The number of nitrogen functional groups attached to an aromatic ring is 1. The summed E-state index contributed by atoms with van der Waals surface area (Å²) in [6.07, 6.45) is 3.49. The summed E-state index contributed by atoms with van der Waals surface area (Å²) < 4.78 is 14.5. The van der Waals surface area contributed by atoms with Crippen molar-refractivity contribution in [2.24, 2.45) is 0 Å². The van der Waals surface area contributed by atoms with Gasteiger partial charge in [0, 0.05) is 6.20 Å². The van der Waals surface area contributed by atoms with Gasteiger partial charge in [-0.2, -0.15) is 0 Å². The van der Waals surface area contributed by atoms with E-state index < -0.39 is 0 Å². The van der Waals surface area contributed by atoms with Crippen LogP contribution in [0.3, 0.4) is 0 Å². The Bertz CT molecular complexity index is 462. The summed E-state index contributed by atoms with van der Waals surface area (Å²) in [6, 6.07) is 4.30. The predicted molar refractivity (Wildman–Crippen MR) is 52.7 cm³/mol.